The number of hydrogen-bond donors (Lipinski definition) is 3. The molecule has 0 bridgehead atoms. The van der Waals surface area contributed by atoms with Crippen molar-refractivity contribution in [3.63, 3.8) is 0 Å². The molecule has 0 spiro atoms. The van der Waals surface area contributed by atoms with Gasteiger partial charge in [-0.1, -0.05) is 0 Å². The normalized spacial score (nSPS) is 12.6. The first-order chi connectivity index (χ1) is 5.82. The summed E-state index contributed by atoms with van der Waals surface area (Å²) in [6.45, 7) is 2.94. The molecule has 0 saturated heterocycles. The number of aliphatic carboxylic acids is 2. The minimum atomic E-state index is -1.21. The fourth-order valence-electron chi connectivity index (χ4n) is 0.123. The Kier molecular flexibility index (Phi) is 15.2. The molecule has 78 valence electrons. The third-order valence-corrected chi connectivity index (χ3v) is 1.18. The smallest absolute Gasteiger partial charge is 0.548 e. The number of carbonyl (C=O) groups is 2. The summed E-state index contributed by atoms with van der Waals surface area (Å²) in [5.41, 5.74) is 4.77. The summed E-state index contributed by atoms with van der Waals surface area (Å²) in [7, 11) is 1.61. The second kappa shape index (κ2) is 10.9. The summed E-state index contributed by atoms with van der Waals surface area (Å²) >= 11 is 0. The topological polar surface area (TPSA) is 115 Å². The number of carbonyl (C=O) groups excluding carboxylic acids is 1. The van der Waals surface area contributed by atoms with Crippen LogP contribution >= 0.6 is 0 Å². The summed E-state index contributed by atoms with van der Waals surface area (Å²) in [6.07, 6.45) is 0. The van der Waals surface area contributed by atoms with Crippen LogP contribution in [0.4, 0.5) is 0 Å². The molecule has 6 nitrogen and oxygen atoms in total. The number of likely N-dealkylation sites (N-methyl/N-ethyl adjacent to an activating group) is 1. The van der Waals surface area contributed by atoms with Crippen molar-refractivity contribution in [1.29, 1.82) is 0 Å². The quantitative estimate of drug-likeness (QED) is 0.404. The first-order valence-corrected chi connectivity index (χ1v) is 3.69. The molecule has 0 rings (SSSR count). The zero-order valence-electron chi connectivity index (χ0n) is 8.90. The maximum atomic E-state index is 9.87. The number of carboxylic acid groups (broad SMARTS) is 2. The van der Waals surface area contributed by atoms with E-state index >= 15 is 0 Å². The van der Waals surface area contributed by atoms with E-state index in [0.29, 0.717) is 0 Å². The molecule has 0 fully saturated rings. The Morgan fingerprint density at radius 1 is 1.43 bits per heavy atom. The van der Waals surface area contributed by atoms with Crippen LogP contribution in [0.15, 0.2) is 0 Å². The van der Waals surface area contributed by atoms with Gasteiger partial charge in [-0.15, -0.1) is 0 Å². The Balaban J connectivity index is -0.000000163. The monoisotopic (exact) mass is 214 g/mol. The number of nitrogens with one attached hydrogen (secondary N) is 1. The molecule has 14 heavy (non-hydrogen) atoms. The van der Waals surface area contributed by atoms with Crippen molar-refractivity contribution in [2.75, 3.05) is 7.05 Å². The molecular weight excluding hydrogens is 199 g/mol. The fourth-order valence-corrected chi connectivity index (χ4v) is 0.123. The van der Waals surface area contributed by atoms with E-state index in [1.54, 1.807) is 14.0 Å². The number of nitrogens with two attached hydrogens (primary N) is 1. The van der Waals surface area contributed by atoms with Crippen LogP contribution < -0.4 is 45.7 Å². The van der Waals surface area contributed by atoms with Crippen molar-refractivity contribution < 1.29 is 49.4 Å². The maximum absolute atomic E-state index is 9.87. The summed E-state index contributed by atoms with van der Waals surface area (Å²) in [5, 5.41) is 20.1. The maximum Gasteiger partial charge on any atom is 1.00 e. The Morgan fingerprint density at radius 3 is 1.71 bits per heavy atom. The minimum Gasteiger partial charge on any atom is -0.548 e. The molecule has 0 aliphatic carbocycles. The SMILES string of the molecule is CN[C@@H](C)C(=O)O.C[C@H](N)C(=O)[O-].[Na+]. The van der Waals surface area contributed by atoms with Crippen LogP contribution in [0.1, 0.15) is 13.8 Å². The molecule has 0 amide bonds. The zero-order valence-corrected chi connectivity index (χ0v) is 10.9. The second-order valence-electron chi connectivity index (χ2n) is 2.46. The zero-order chi connectivity index (χ0) is 11.0. The third-order valence-electron chi connectivity index (χ3n) is 1.18. The predicted octanol–water partition coefficient (Wildman–Crippen LogP) is -5.23. The van der Waals surface area contributed by atoms with E-state index in [4.69, 9.17) is 10.8 Å². The van der Waals surface area contributed by atoms with Crippen LogP contribution in [0.25, 0.3) is 0 Å². The summed E-state index contributed by atoms with van der Waals surface area (Å²) in [5.74, 6) is -2.03. The van der Waals surface area contributed by atoms with Gasteiger partial charge in [-0.2, -0.15) is 0 Å². The number of rotatable bonds is 3. The van der Waals surface area contributed by atoms with Crippen molar-refractivity contribution in [3.05, 3.63) is 0 Å². The molecule has 0 unspecified atom stereocenters. The van der Waals surface area contributed by atoms with Crippen LogP contribution in [-0.4, -0.2) is 36.2 Å². The average molecular weight is 214 g/mol. The molecule has 4 N–H and O–H groups in total. The molecule has 0 heterocycles. The average Bonchev–Trinajstić information content (AvgIpc) is 2.03. The summed E-state index contributed by atoms with van der Waals surface area (Å²) in [4.78, 5) is 19.3. The predicted molar refractivity (Wildman–Crippen MR) is 44.8 cm³/mol. The largest absolute Gasteiger partial charge is 1.00 e. The van der Waals surface area contributed by atoms with Gasteiger partial charge < -0.3 is 26.1 Å². The van der Waals surface area contributed by atoms with E-state index in [9.17, 15) is 14.7 Å². The summed E-state index contributed by atoms with van der Waals surface area (Å²) < 4.78 is 0. The molecule has 0 aromatic carbocycles. The van der Waals surface area contributed by atoms with E-state index in [1.807, 2.05) is 0 Å². The third kappa shape index (κ3) is 14.4. The van der Waals surface area contributed by atoms with Gasteiger partial charge in [0.05, 0.1) is 5.97 Å². The van der Waals surface area contributed by atoms with E-state index in [2.05, 4.69) is 5.32 Å². The Hall–Kier alpha value is -0.140. The molecule has 0 aromatic heterocycles. The minimum absolute atomic E-state index is 0. The Morgan fingerprint density at radius 2 is 1.71 bits per heavy atom. The molecule has 0 aliphatic heterocycles. The standard InChI is InChI=1S/C4H9NO2.C3H7NO2.Na/c1-3(5-2)4(6)7;1-2(4)3(5)6;/h3,5H,1-2H3,(H,6,7);2H,4H2,1H3,(H,5,6);/q;;+1/p-1/t3-;2-;/m00./s1. The summed E-state index contributed by atoms with van der Waals surface area (Å²) in [6, 6.07) is -1.27. The molecule has 0 saturated carbocycles. The molecule has 0 aromatic rings. The second-order valence-corrected chi connectivity index (χ2v) is 2.46. The van der Waals surface area contributed by atoms with Gasteiger partial charge >= 0.3 is 35.5 Å². The van der Waals surface area contributed by atoms with E-state index in [1.165, 1.54) is 6.92 Å². The van der Waals surface area contributed by atoms with Crippen molar-refractivity contribution in [3.8, 4) is 0 Å². The van der Waals surface area contributed by atoms with Gasteiger partial charge in [-0.3, -0.25) is 4.79 Å². The van der Waals surface area contributed by atoms with Crippen LogP contribution in [0.2, 0.25) is 0 Å². The Labute approximate surface area is 105 Å². The van der Waals surface area contributed by atoms with Gasteiger partial charge in [0, 0.05) is 6.04 Å². The number of hydrogen-bond acceptors (Lipinski definition) is 5. The molecule has 7 heteroatoms. The van der Waals surface area contributed by atoms with Crippen molar-refractivity contribution in [2.45, 2.75) is 25.9 Å². The number of carboxylic acids is 2. The van der Waals surface area contributed by atoms with Gasteiger partial charge in [0.15, 0.2) is 0 Å². The van der Waals surface area contributed by atoms with Crippen molar-refractivity contribution in [1.82, 2.24) is 5.32 Å². The van der Waals surface area contributed by atoms with Crippen LogP contribution in [0, 0.1) is 0 Å². The molecule has 2 atom stereocenters. The van der Waals surface area contributed by atoms with Gasteiger partial charge in [0.1, 0.15) is 6.04 Å². The van der Waals surface area contributed by atoms with Gasteiger partial charge in [0.2, 0.25) is 0 Å². The van der Waals surface area contributed by atoms with Crippen LogP contribution in [0.3, 0.4) is 0 Å². The molecular formula is C7H15N2NaO4. The van der Waals surface area contributed by atoms with Crippen molar-refractivity contribution >= 4 is 11.9 Å². The fraction of sp³-hybridized carbons (Fsp3) is 0.714. The van der Waals surface area contributed by atoms with Crippen molar-refractivity contribution in [2.24, 2.45) is 5.73 Å². The Bertz CT molecular complexity index is 175. The van der Waals surface area contributed by atoms with Crippen LogP contribution in [0.5, 0.6) is 0 Å². The van der Waals surface area contributed by atoms with E-state index in [0.717, 1.165) is 0 Å². The molecule has 0 aliphatic rings. The van der Waals surface area contributed by atoms with Gasteiger partial charge in [0.25, 0.3) is 0 Å². The van der Waals surface area contributed by atoms with Gasteiger partial charge in [-0.05, 0) is 20.9 Å². The van der Waals surface area contributed by atoms with E-state index < -0.39 is 24.0 Å². The molecule has 0 radical (unpaired) electrons. The first kappa shape index (κ1) is 19.4. The first-order valence-electron chi connectivity index (χ1n) is 3.69. The van der Waals surface area contributed by atoms with E-state index in [-0.39, 0.29) is 29.6 Å². The van der Waals surface area contributed by atoms with Crippen LogP contribution in [-0.2, 0) is 9.59 Å². The van der Waals surface area contributed by atoms with Gasteiger partial charge in [-0.25, -0.2) is 0 Å².